The molecule has 1 N–H and O–H groups in total. The van der Waals surface area contributed by atoms with E-state index in [-0.39, 0.29) is 22.9 Å². The highest BCUT2D eigenvalue weighted by Gasteiger charge is 2.19. The molecule has 1 amide bonds. The number of hydrogen-bond acceptors (Lipinski definition) is 5. The second-order valence-corrected chi connectivity index (χ2v) is 6.52. The van der Waals surface area contributed by atoms with Crippen molar-refractivity contribution in [2.45, 2.75) is 39.3 Å². The molecule has 1 atom stereocenters. The fourth-order valence-corrected chi connectivity index (χ4v) is 1.90. The molecule has 0 aliphatic carbocycles. The van der Waals surface area contributed by atoms with Crippen molar-refractivity contribution >= 4 is 23.7 Å². The van der Waals surface area contributed by atoms with Crippen molar-refractivity contribution in [3.63, 3.8) is 0 Å². The van der Waals surface area contributed by atoms with E-state index in [0.717, 1.165) is 12.1 Å². The molecule has 0 aromatic heterocycles. The molecule has 1 aromatic carbocycles. The summed E-state index contributed by atoms with van der Waals surface area (Å²) in [5.41, 5.74) is -0.633. The van der Waals surface area contributed by atoms with E-state index in [0.29, 0.717) is 0 Å². The van der Waals surface area contributed by atoms with E-state index in [4.69, 9.17) is 21.1 Å². The number of halogens is 2. The van der Waals surface area contributed by atoms with Crippen LogP contribution in [0, 0.1) is 5.82 Å². The second-order valence-electron chi connectivity index (χ2n) is 6.11. The Hall–Kier alpha value is -2.02. The van der Waals surface area contributed by atoms with Gasteiger partial charge in [-0.15, -0.1) is 0 Å². The van der Waals surface area contributed by atoms with Crippen LogP contribution in [0.4, 0.5) is 9.18 Å². The van der Waals surface area contributed by atoms with E-state index in [1.807, 2.05) is 0 Å². The van der Waals surface area contributed by atoms with Gasteiger partial charge >= 0.3 is 12.1 Å². The van der Waals surface area contributed by atoms with Gasteiger partial charge in [-0.3, -0.25) is 0 Å². The van der Waals surface area contributed by atoms with Gasteiger partial charge in [0.1, 0.15) is 12.2 Å². The minimum Gasteiger partial charge on any atom is -0.488 e. The SMILES string of the molecule is COC(=O)c1cc(OC[C@H](C)NC(=O)OC(C)(C)C)c(F)cc1Cl. The molecule has 0 heterocycles. The highest BCUT2D eigenvalue weighted by molar-refractivity contribution is 6.33. The van der Waals surface area contributed by atoms with E-state index in [2.05, 4.69) is 10.1 Å². The molecule has 0 radical (unpaired) electrons. The Morgan fingerprint density at radius 3 is 2.50 bits per heavy atom. The van der Waals surface area contributed by atoms with Gasteiger partial charge in [0, 0.05) is 0 Å². The number of benzene rings is 1. The lowest BCUT2D eigenvalue weighted by Crippen LogP contribution is -2.40. The molecule has 134 valence electrons. The molecule has 8 heteroatoms. The molecule has 0 aliphatic heterocycles. The van der Waals surface area contributed by atoms with Crippen LogP contribution in [-0.4, -0.2) is 37.4 Å². The average molecular weight is 362 g/mol. The lowest BCUT2D eigenvalue weighted by molar-refractivity contribution is 0.0493. The van der Waals surface area contributed by atoms with E-state index >= 15 is 0 Å². The molecule has 6 nitrogen and oxygen atoms in total. The largest absolute Gasteiger partial charge is 0.488 e. The number of alkyl carbamates (subject to hydrolysis) is 1. The van der Waals surface area contributed by atoms with Crippen LogP contribution >= 0.6 is 11.6 Å². The summed E-state index contributed by atoms with van der Waals surface area (Å²) < 4.78 is 28.8. The van der Waals surface area contributed by atoms with E-state index < -0.39 is 29.5 Å². The Bertz CT molecular complexity index is 615. The molecule has 1 rings (SSSR count). The lowest BCUT2D eigenvalue weighted by Gasteiger charge is -2.22. The number of rotatable bonds is 5. The van der Waals surface area contributed by atoms with Gasteiger partial charge in [0.2, 0.25) is 0 Å². The van der Waals surface area contributed by atoms with Gasteiger partial charge in [-0.1, -0.05) is 11.6 Å². The summed E-state index contributed by atoms with van der Waals surface area (Å²) >= 11 is 5.80. The molecule has 0 aliphatic rings. The number of amides is 1. The molecule has 1 aromatic rings. The number of carbonyl (C=O) groups is 2. The topological polar surface area (TPSA) is 73.9 Å². The first-order valence-electron chi connectivity index (χ1n) is 7.23. The van der Waals surface area contributed by atoms with Gasteiger partial charge in [-0.25, -0.2) is 14.0 Å². The summed E-state index contributed by atoms with van der Waals surface area (Å²) in [5.74, 6) is -1.60. The molecule has 0 bridgehead atoms. The molecule has 0 spiro atoms. The second kappa shape index (κ2) is 8.19. The van der Waals surface area contributed by atoms with E-state index in [1.54, 1.807) is 27.7 Å². The Labute approximate surface area is 145 Å². The van der Waals surface area contributed by atoms with Crippen molar-refractivity contribution in [2.75, 3.05) is 13.7 Å². The van der Waals surface area contributed by atoms with Gasteiger partial charge in [0.15, 0.2) is 11.6 Å². The molecule has 0 fully saturated rings. The third kappa shape index (κ3) is 6.23. The molecule has 0 saturated carbocycles. The lowest BCUT2D eigenvalue weighted by atomic mass is 10.2. The Kier molecular flexibility index (Phi) is 6.83. The van der Waals surface area contributed by atoms with Crippen molar-refractivity contribution in [1.29, 1.82) is 0 Å². The highest BCUT2D eigenvalue weighted by atomic mass is 35.5. The number of methoxy groups -OCH3 is 1. The van der Waals surface area contributed by atoms with Crippen molar-refractivity contribution in [3.05, 3.63) is 28.5 Å². The van der Waals surface area contributed by atoms with Crippen molar-refractivity contribution in [3.8, 4) is 5.75 Å². The molecule has 24 heavy (non-hydrogen) atoms. The van der Waals surface area contributed by atoms with Crippen LogP contribution in [0.3, 0.4) is 0 Å². The predicted molar refractivity (Wildman–Crippen MR) is 87.1 cm³/mol. The van der Waals surface area contributed by atoms with Crippen LogP contribution < -0.4 is 10.1 Å². The molecule has 0 unspecified atom stereocenters. The van der Waals surface area contributed by atoms with Gasteiger partial charge in [-0.2, -0.15) is 0 Å². The summed E-state index contributed by atoms with van der Waals surface area (Å²) in [6.07, 6.45) is -0.606. The molecule has 0 saturated heterocycles. The van der Waals surface area contributed by atoms with Gasteiger partial charge in [0.25, 0.3) is 0 Å². The number of nitrogens with one attached hydrogen (secondary N) is 1. The minimum absolute atomic E-state index is 0.0108. The van der Waals surface area contributed by atoms with Crippen molar-refractivity contribution in [1.82, 2.24) is 5.32 Å². The maximum absolute atomic E-state index is 13.9. The van der Waals surface area contributed by atoms with E-state index in [9.17, 15) is 14.0 Å². The normalized spacial score (nSPS) is 12.3. The van der Waals surface area contributed by atoms with Crippen molar-refractivity contribution < 1.29 is 28.2 Å². The maximum atomic E-state index is 13.9. The zero-order chi connectivity index (χ0) is 18.5. The first kappa shape index (κ1) is 20.0. The predicted octanol–water partition coefficient (Wildman–Crippen LogP) is 3.56. The zero-order valence-electron chi connectivity index (χ0n) is 14.2. The Morgan fingerprint density at radius 2 is 1.96 bits per heavy atom. The highest BCUT2D eigenvalue weighted by Crippen LogP contribution is 2.26. The van der Waals surface area contributed by atoms with Crippen LogP contribution in [0.1, 0.15) is 38.1 Å². The minimum atomic E-state index is -0.725. The molecular weight excluding hydrogens is 341 g/mol. The first-order valence-corrected chi connectivity index (χ1v) is 7.61. The smallest absolute Gasteiger partial charge is 0.407 e. The summed E-state index contributed by atoms with van der Waals surface area (Å²) in [5, 5.41) is 2.48. The number of ether oxygens (including phenoxy) is 3. The standard InChI is InChI=1S/C16H21ClFNO5/c1-9(19-15(21)24-16(2,3)4)8-23-13-6-10(14(20)22-5)11(17)7-12(13)18/h6-7,9H,8H2,1-5H3,(H,19,21)/t9-/m0/s1. The zero-order valence-corrected chi connectivity index (χ0v) is 15.0. The van der Waals surface area contributed by atoms with Crippen LogP contribution in [0.15, 0.2) is 12.1 Å². The quantitative estimate of drug-likeness (QED) is 0.812. The van der Waals surface area contributed by atoms with Gasteiger partial charge in [-0.05, 0) is 39.8 Å². The van der Waals surface area contributed by atoms with Crippen LogP contribution in [0.2, 0.25) is 5.02 Å². The monoisotopic (exact) mass is 361 g/mol. The Balaban J connectivity index is 2.70. The summed E-state index contributed by atoms with van der Waals surface area (Å²) in [4.78, 5) is 23.2. The van der Waals surface area contributed by atoms with Crippen LogP contribution in [0.25, 0.3) is 0 Å². The van der Waals surface area contributed by atoms with Crippen LogP contribution in [-0.2, 0) is 9.47 Å². The van der Waals surface area contributed by atoms with Crippen LogP contribution in [0.5, 0.6) is 5.75 Å². The number of esters is 1. The summed E-state index contributed by atoms with van der Waals surface area (Å²) in [7, 11) is 1.19. The first-order chi connectivity index (χ1) is 11.0. The number of hydrogen-bond donors (Lipinski definition) is 1. The third-order valence-electron chi connectivity index (χ3n) is 2.68. The maximum Gasteiger partial charge on any atom is 0.407 e. The number of carbonyl (C=O) groups excluding carboxylic acids is 2. The van der Waals surface area contributed by atoms with E-state index in [1.165, 1.54) is 7.11 Å². The van der Waals surface area contributed by atoms with Gasteiger partial charge in [0.05, 0.1) is 23.7 Å². The fraction of sp³-hybridized carbons (Fsp3) is 0.500. The summed E-state index contributed by atoms with van der Waals surface area (Å²) in [6.45, 7) is 6.86. The fourth-order valence-electron chi connectivity index (χ4n) is 1.67. The summed E-state index contributed by atoms with van der Waals surface area (Å²) in [6, 6.07) is 1.68. The molecular formula is C16H21ClFNO5. The Morgan fingerprint density at radius 1 is 1.33 bits per heavy atom. The third-order valence-corrected chi connectivity index (χ3v) is 2.99. The average Bonchev–Trinajstić information content (AvgIpc) is 2.43. The van der Waals surface area contributed by atoms with Crippen molar-refractivity contribution in [2.24, 2.45) is 0 Å². The van der Waals surface area contributed by atoms with Gasteiger partial charge < -0.3 is 19.5 Å².